The molecule has 0 unspecified atom stereocenters. The maximum atomic E-state index is 4.43. The van der Waals surface area contributed by atoms with Gasteiger partial charge in [0.25, 0.3) is 0 Å². The summed E-state index contributed by atoms with van der Waals surface area (Å²) >= 11 is 1.74. The molecule has 3 rings (SSSR count). The summed E-state index contributed by atoms with van der Waals surface area (Å²) in [6, 6.07) is 11.8. The third-order valence-corrected chi connectivity index (χ3v) is 5.20. The van der Waals surface area contributed by atoms with Crippen molar-refractivity contribution in [3.8, 4) is 0 Å². The molecule has 1 fully saturated rings. The van der Waals surface area contributed by atoms with Crippen LogP contribution in [-0.2, 0) is 0 Å². The van der Waals surface area contributed by atoms with Crippen LogP contribution in [0.1, 0.15) is 24.4 Å². The first-order valence-corrected chi connectivity index (χ1v) is 9.20. The maximum absolute atomic E-state index is 4.43. The van der Waals surface area contributed by atoms with Crippen LogP contribution in [-0.4, -0.2) is 49.7 Å². The van der Waals surface area contributed by atoms with E-state index in [2.05, 4.69) is 69.9 Å². The fourth-order valence-corrected chi connectivity index (χ4v) is 3.90. The van der Waals surface area contributed by atoms with Crippen molar-refractivity contribution in [3.63, 3.8) is 0 Å². The molecule has 1 aliphatic heterocycles. The molecular weight excluding hydrogens is 304 g/mol. The monoisotopic (exact) mass is 330 g/mol. The van der Waals surface area contributed by atoms with E-state index in [1.54, 1.807) is 11.3 Å². The second-order valence-electron chi connectivity index (χ2n) is 6.47. The fourth-order valence-electron chi connectivity index (χ4n) is 3.20. The highest BCUT2D eigenvalue weighted by atomic mass is 32.1. The second kappa shape index (κ2) is 7.90. The van der Waals surface area contributed by atoms with Gasteiger partial charge in [-0.2, -0.15) is 0 Å². The molecule has 1 aromatic heterocycles. The van der Waals surface area contributed by atoms with Crippen molar-refractivity contribution >= 4 is 16.5 Å². The largest absolute Gasteiger partial charge is 0.348 e. The van der Waals surface area contributed by atoms with E-state index in [4.69, 9.17) is 0 Å². The molecule has 1 atom stereocenters. The summed E-state index contributed by atoms with van der Waals surface area (Å²) in [7, 11) is 4.28. The standard InChI is InChI=1S/C18H26N4S/c1-21(2)14-17(15-6-4-3-5-7-15)20-16-8-11-22(12-9-16)18-19-10-13-23-18/h3-7,10,13,16-17,20H,8-9,11-12,14H2,1-2H3/t17-/m0/s1. The average molecular weight is 331 g/mol. The van der Waals surface area contributed by atoms with Crippen LogP contribution < -0.4 is 10.2 Å². The minimum Gasteiger partial charge on any atom is -0.348 e. The van der Waals surface area contributed by atoms with Crippen LogP contribution in [0.4, 0.5) is 5.13 Å². The Kier molecular flexibility index (Phi) is 5.65. The highest BCUT2D eigenvalue weighted by molar-refractivity contribution is 7.13. The van der Waals surface area contributed by atoms with Crippen LogP contribution in [0.2, 0.25) is 0 Å². The number of piperidine rings is 1. The Morgan fingerprint density at radius 1 is 1.26 bits per heavy atom. The highest BCUT2D eigenvalue weighted by Crippen LogP contribution is 2.23. The number of hydrogen-bond donors (Lipinski definition) is 1. The molecule has 1 aliphatic rings. The fraction of sp³-hybridized carbons (Fsp3) is 0.500. The Labute approximate surface area is 143 Å². The van der Waals surface area contributed by atoms with Gasteiger partial charge >= 0.3 is 0 Å². The van der Waals surface area contributed by atoms with Crippen LogP contribution >= 0.6 is 11.3 Å². The molecule has 4 nitrogen and oxygen atoms in total. The molecule has 1 aromatic carbocycles. The molecule has 1 N–H and O–H groups in total. The molecule has 124 valence electrons. The van der Waals surface area contributed by atoms with Gasteiger partial charge in [-0.1, -0.05) is 30.3 Å². The Hall–Kier alpha value is -1.43. The molecule has 0 bridgehead atoms. The number of thiazole rings is 1. The predicted octanol–water partition coefficient (Wildman–Crippen LogP) is 3.00. The number of benzene rings is 1. The van der Waals surface area contributed by atoms with Crippen molar-refractivity contribution in [1.29, 1.82) is 0 Å². The topological polar surface area (TPSA) is 31.4 Å². The summed E-state index contributed by atoms with van der Waals surface area (Å²) in [5.41, 5.74) is 1.38. The first kappa shape index (κ1) is 16.4. The molecular formula is C18H26N4S. The minimum absolute atomic E-state index is 0.391. The van der Waals surface area contributed by atoms with Gasteiger partial charge < -0.3 is 15.1 Å². The third-order valence-electron chi connectivity index (χ3n) is 4.37. The van der Waals surface area contributed by atoms with Crippen LogP contribution in [0.5, 0.6) is 0 Å². The lowest BCUT2D eigenvalue weighted by Gasteiger charge is -2.35. The van der Waals surface area contributed by atoms with Crippen molar-refractivity contribution in [3.05, 3.63) is 47.5 Å². The van der Waals surface area contributed by atoms with Crippen molar-refractivity contribution in [1.82, 2.24) is 15.2 Å². The summed E-state index contributed by atoms with van der Waals surface area (Å²) in [6.45, 7) is 3.21. The molecule has 2 heterocycles. The predicted molar refractivity (Wildman–Crippen MR) is 98.2 cm³/mol. The summed E-state index contributed by atoms with van der Waals surface area (Å²) in [4.78, 5) is 9.10. The summed E-state index contributed by atoms with van der Waals surface area (Å²) in [5, 5.41) is 7.11. The zero-order valence-corrected chi connectivity index (χ0v) is 14.8. The Morgan fingerprint density at radius 2 is 2.00 bits per heavy atom. The van der Waals surface area contributed by atoms with Crippen molar-refractivity contribution in [2.24, 2.45) is 0 Å². The first-order chi connectivity index (χ1) is 11.2. The van der Waals surface area contributed by atoms with Gasteiger partial charge in [-0.25, -0.2) is 4.98 Å². The van der Waals surface area contributed by atoms with Gasteiger partial charge in [-0.15, -0.1) is 11.3 Å². The van der Waals surface area contributed by atoms with Gasteiger partial charge in [0.1, 0.15) is 0 Å². The highest BCUT2D eigenvalue weighted by Gasteiger charge is 2.23. The van der Waals surface area contributed by atoms with E-state index in [0.717, 1.165) is 24.8 Å². The lowest BCUT2D eigenvalue weighted by molar-refractivity contribution is 0.299. The number of likely N-dealkylation sites (N-methyl/N-ethyl adjacent to an activating group) is 1. The lowest BCUT2D eigenvalue weighted by atomic mass is 10.0. The Morgan fingerprint density at radius 3 is 2.61 bits per heavy atom. The summed E-state index contributed by atoms with van der Waals surface area (Å²) < 4.78 is 0. The average Bonchev–Trinajstić information content (AvgIpc) is 3.10. The number of hydrogen-bond acceptors (Lipinski definition) is 5. The van der Waals surface area contributed by atoms with E-state index in [9.17, 15) is 0 Å². The number of nitrogens with one attached hydrogen (secondary N) is 1. The van der Waals surface area contributed by atoms with E-state index in [0.29, 0.717) is 12.1 Å². The van der Waals surface area contributed by atoms with Crippen LogP contribution in [0.25, 0.3) is 0 Å². The molecule has 0 spiro atoms. The molecule has 0 saturated carbocycles. The summed E-state index contributed by atoms with van der Waals surface area (Å²) in [6.07, 6.45) is 4.25. The minimum atomic E-state index is 0.391. The first-order valence-electron chi connectivity index (χ1n) is 8.32. The number of rotatable bonds is 6. The van der Waals surface area contributed by atoms with Gasteiger partial charge in [0.05, 0.1) is 0 Å². The molecule has 5 heteroatoms. The SMILES string of the molecule is CN(C)C[C@H](NC1CCN(c2nccs2)CC1)c1ccccc1. The number of aromatic nitrogens is 1. The molecule has 0 aliphatic carbocycles. The van der Waals surface area contributed by atoms with E-state index < -0.39 is 0 Å². The van der Waals surface area contributed by atoms with Gasteiger partial charge in [-0.3, -0.25) is 0 Å². The van der Waals surface area contributed by atoms with Gasteiger partial charge in [0.15, 0.2) is 5.13 Å². The molecule has 2 aromatic rings. The number of nitrogens with zero attached hydrogens (tertiary/aromatic N) is 3. The van der Waals surface area contributed by atoms with E-state index >= 15 is 0 Å². The van der Waals surface area contributed by atoms with Crippen LogP contribution in [0.3, 0.4) is 0 Å². The van der Waals surface area contributed by atoms with Crippen LogP contribution in [0.15, 0.2) is 41.9 Å². The molecule has 0 radical (unpaired) electrons. The van der Waals surface area contributed by atoms with Crippen molar-refractivity contribution < 1.29 is 0 Å². The second-order valence-corrected chi connectivity index (χ2v) is 7.34. The quantitative estimate of drug-likeness (QED) is 0.882. The van der Waals surface area contributed by atoms with E-state index in [1.807, 2.05) is 6.20 Å². The normalized spacial score (nSPS) is 17.6. The van der Waals surface area contributed by atoms with Crippen molar-refractivity contribution in [2.45, 2.75) is 24.9 Å². The smallest absolute Gasteiger partial charge is 0.185 e. The van der Waals surface area contributed by atoms with Gasteiger partial charge in [-0.05, 0) is 32.5 Å². The Balaban J connectivity index is 1.58. The lowest BCUT2D eigenvalue weighted by Crippen LogP contribution is -2.45. The van der Waals surface area contributed by atoms with E-state index in [-0.39, 0.29) is 0 Å². The molecule has 1 saturated heterocycles. The number of anilines is 1. The summed E-state index contributed by atoms with van der Waals surface area (Å²) in [5.74, 6) is 0. The maximum Gasteiger partial charge on any atom is 0.185 e. The Bertz CT molecular complexity index is 562. The van der Waals surface area contributed by atoms with E-state index in [1.165, 1.54) is 18.4 Å². The third kappa shape index (κ3) is 4.53. The van der Waals surface area contributed by atoms with Crippen LogP contribution in [0, 0.1) is 0 Å². The molecule has 0 amide bonds. The van der Waals surface area contributed by atoms with Gasteiger partial charge in [0.2, 0.25) is 0 Å². The zero-order valence-electron chi connectivity index (χ0n) is 14.0. The van der Waals surface area contributed by atoms with Gasteiger partial charge in [0, 0.05) is 43.3 Å². The zero-order chi connectivity index (χ0) is 16.1. The molecule has 23 heavy (non-hydrogen) atoms. The van der Waals surface area contributed by atoms with Crippen molar-refractivity contribution in [2.75, 3.05) is 38.6 Å².